The van der Waals surface area contributed by atoms with Crippen molar-refractivity contribution in [3.05, 3.63) is 28.3 Å². The zero-order valence-corrected chi connectivity index (χ0v) is 16.3. The van der Waals surface area contributed by atoms with Gasteiger partial charge < -0.3 is 10.4 Å². The summed E-state index contributed by atoms with van der Waals surface area (Å²) in [6.45, 7) is 17.1. The zero-order valence-electron chi connectivity index (χ0n) is 16.3. The summed E-state index contributed by atoms with van der Waals surface area (Å²) in [5.74, 6) is 1.23. The molecule has 0 amide bonds. The fraction of sp³-hybridized carbons (Fsp3) is 0.714. The van der Waals surface area contributed by atoms with Gasteiger partial charge in [0.05, 0.1) is 0 Å². The molecule has 0 radical (unpaired) electrons. The molecule has 0 spiro atoms. The van der Waals surface area contributed by atoms with Gasteiger partial charge in [0, 0.05) is 6.54 Å². The van der Waals surface area contributed by atoms with E-state index in [4.69, 9.17) is 0 Å². The molecule has 2 N–H and O–H groups in total. The van der Waals surface area contributed by atoms with Crippen LogP contribution in [0.3, 0.4) is 0 Å². The highest BCUT2D eigenvalue weighted by Gasteiger charge is 2.22. The normalized spacial score (nSPS) is 13.3. The van der Waals surface area contributed by atoms with Crippen molar-refractivity contribution in [1.29, 1.82) is 0 Å². The first-order valence-electron chi connectivity index (χ1n) is 9.25. The molecule has 1 aromatic rings. The molecule has 0 heterocycles. The van der Waals surface area contributed by atoms with Gasteiger partial charge in [-0.15, -0.1) is 0 Å². The molecule has 1 aromatic carbocycles. The molecule has 2 heteroatoms. The van der Waals surface area contributed by atoms with Gasteiger partial charge in [0.15, 0.2) is 0 Å². The van der Waals surface area contributed by atoms with Crippen molar-refractivity contribution in [3.8, 4) is 5.75 Å². The van der Waals surface area contributed by atoms with E-state index in [1.807, 2.05) is 6.92 Å². The fourth-order valence-electron chi connectivity index (χ4n) is 3.20. The van der Waals surface area contributed by atoms with Crippen molar-refractivity contribution >= 4 is 0 Å². The van der Waals surface area contributed by atoms with Crippen LogP contribution in [-0.4, -0.2) is 11.7 Å². The van der Waals surface area contributed by atoms with Crippen LogP contribution in [-0.2, 0) is 12.0 Å². The van der Waals surface area contributed by atoms with Crippen molar-refractivity contribution < 1.29 is 5.11 Å². The van der Waals surface area contributed by atoms with E-state index in [2.05, 4.69) is 52.9 Å². The summed E-state index contributed by atoms with van der Waals surface area (Å²) in [5, 5.41) is 14.2. The van der Waals surface area contributed by atoms with E-state index in [0.717, 1.165) is 30.1 Å². The second-order valence-electron chi connectivity index (χ2n) is 7.99. The summed E-state index contributed by atoms with van der Waals surface area (Å²) in [4.78, 5) is 0. The number of hydrogen-bond donors (Lipinski definition) is 2. The minimum atomic E-state index is -0.0287. The molecule has 0 aliphatic carbocycles. The summed E-state index contributed by atoms with van der Waals surface area (Å²) in [7, 11) is 0. The second kappa shape index (κ2) is 8.73. The Morgan fingerprint density at radius 2 is 1.83 bits per heavy atom. The third kappa shape index (κ3) is 5.53. The number of hydrogen-bond acceptors (Lipinski definition) is 2. The molecular weight excluding hydrogens is 282 g/mol. The highest BCUT2D eigenvalue weighted by atomic mass is 16.3. The number of aryl methyl sites for hydroxylation is 1. The maximum atomic E-state index is 10.6. The summed E-state index contributed by atoms with van der Waals surface area (Å²) in [6, 6.07) is 2.16. The van der Waals surface area contributed by atoms with Gasteiger partial charge in [-0.25, -0.2) is 0 Å². The van der Waals surface area contributed by atoms with Crippen molar-refractivity contribution in [2.75, 3.05) is 6.54 Å². The molecule has 0 saturated carbocycles. The van der Waals surface area contributed by atoms with E-state index >= 15 is 0 Å². The number of phenols is 1. The third-order valence-corrected chi connectivity index (χ3v) is 4.99. The predicted octanol–water partition coefficient (Wildman–Crippen LogP) is 5.61. The van der Waals surface area contributed by atoms with E-state index in [9.17, 15) is 5.11 Å². The largest absolute Gasteiger partial charge is 0.507 e. The van der Waals surface area contributed by atoms with Gasteiger partial charge in [-0.3, -0.25) is 0 Å². The van der Waals surface area contributed by atoms with Gasteiger partial charge in [0.1, 0.15) is 5.75 Å². The quantitative estimate of drug-likeness (QED) is 0.652. The average Bonchev–Trinajstić information content (AvgIpc) is 2.48. The van der Waals surface area contributed by atoms with E-state index in [-0.39, 0.29) is 5.41 Å². The smallest absolute Gasteiger partial charge is 0.122 e. The fourth-order valence-corrected chi connectivity index (χ4v) is 3.20. The SMILES string of the molecule is CCCCC(CC)CNCc1c(C)cc(C(C)(C)C)c(O)c1C. The molecule has 0 fully saturated rings. The number of aromatic hydroxyl groups is 1. The van der Waals surface area contributed by atoms with Gasteiger partial charge in [0.2, 0.25) is 0 Å². The van der Waals surface area contributed by atoms with Crippen LogP contribution < -0.4 is 5.32 Å². The second-order valence-corrected chi connectivity index (χ2v) is 7.99. The lowest BCUT2D eigenvalue weighted by molar-refractivity contribution is 0.417. The lowest BCUT2D eigenvalue weighted by Crippen LogP contribution is -2.23. The zero-order chi connectivity index (χ0) is 17.6. The molecule has 1 rings (SSSR count). The van der Waals surface area contributed by atoms with Crippen molar-refractivity contribution in [2.45, 2.75) is 86.1 Å². The molecule has 23 heavy (non-hydrogen) atoms. The Bertz CT molecular complexity index is 500. The summed E-state index contributed by atoms with van der Waals surface area (Å²) in [5.41, 5.74) is 4.58. The van der Waals surface area contributed by atoms with Crippen LogP contribution in [0.2, 0.25) is 0 Å². The number of benzene rings is 1. The summed E-state index contributed by atoms with van der Waals surface area (Å²) >= 11 is 0. The van der Waals surface area contributed by atoms with Gasteiger partial charge in [0.25, 0.3) is 0 Å². The first kappa shape index (κ1) is 20.0. The van der Waals surface area contributed by atoms with Gasteiger partial charge in [-0.05, 0) is 60.4 Å². The van der Waals surface area contributed by atoms with Crippen molar-refractivity contribution in [1.82, 2.24) is 5.32 Å². The number of unbranched alkanes of at least 4 members (excludes halogenated alkanes) is 1. The lowest BCUT2D eigenvalue weighted by atomic mass is 9.82. The first-order valence-corrected chi connectivity index (χ1v) is 9.25. The van der Waals surface area contributed by atoms with Gasteiger partial charge in [-0.2, -0.15) is 0 Å². The van der Waals surface area contributed by atoms with Crippen LogP contribution >= 0.6 is 0 Å². The van der Waals surface area contributed by atoms with Gasteiger partial charge >= 0.3 is 0 Å². The third-order valence-electron chi connectivity index (χ3n) is 4.99. The topological polar surface area (TPSA) is 32.3 Å². The number of nitrogens with one attached hydrogen (secondary N) is 1. The molecule has 0 bridgehead atoms. The van der Waals surface area contributed by atoms with Crippen LogP contribution in [0.25, 0.3) is 0 Å². The molecule has 1 unspecified atom stereocenters. The van der Waals surface area contributed by atoms with E-state index < -0.39 is 0 Å². The standard InChI is InChI=1S/C21H37NO/c1-8-10-11-17(9-2)13-22-14-18-15(3)12-19(21(5,6)7)20(23)16(18)4/h12,17,22-23H,8-11,13-14H2,1-7H3. The Morgan fingerprint density at radius 3 is 2.35 bits per heavy atom. The van der Waals surface area contributed by atoms with E-state index in [1.54, 1.807) is 0 Å². The van der Waals surface area contributed by atoms with Gasteiger partial charge in [-0.1, -0.05) is 59.9 Å². The maximum absolute atomic E-state index is 10.6. The molecule has 2 nitrogen and oxygen atoms in total. The minimum Gasteiger partial charge on any atom is -0.507 e. The predicted molar refractivity (Wildman–Crippen MR) is 101 cm³/mol. The van der Waals surface area contributed by atoms with Crippen LogP contribution in [0.4, 0.5) is 0 Å². The lowest BCUT2D eigenvalue weighted by Gasteiger charge is -2.25. The van der Waals surface area contributed by atoms with Crippen LogP contribution in [0, 0.1) is 19.8 Å². The number of phenolic OH excluding ortho intramolecular Hbond substituents is 1. The van der Waals surface area contributed by atoms with E-state index in [0.29, 0.717) is 5.75 Å². The molecule has 1 atom stereocenters. The minimum absolute atomic E-state index is 0.0287. The molecule has 0 saturated heterocycles. The number of rotatable bonds is 8. The molecule has 132 valence electrons. The van der Waals surface area contributed by atoms with Crippen molar-refractivity contribution in [2.24, 2.45) is 5.92 Å². The monoisotopic (exact) mass is 319 g/mol. The Hall–Kier alpha value is -1.02. The highest BCUT2D eigenvalue weighted by molar-refractivity contribution is 5.51. The molecular formula is C21H37NO. The Morgan fingerprint density at radius 1 is 1.17 bits per heavy atom. The van der Waals surface area contributed by atoms with Crippen LogP contribution in [0.15, 0.2) is 6.07 Å². The van der Waals surface area contributed by atoms with Crippen LogP contribution in [0.5, 0.6) is 5.75 Å². The van der Waals surface area contributed by atoms with E-state index in [1.165, 1.54) is 36.8 Å². The first-order chi connectivity index (χ1) is 10.7. The molecule has 0 aliphatic rings. The highest BCUT2D eigenvalue weighted by Crippen LogP contribution is 2.36. The average molecular weight is 320 g/mol. The Kier molecular flexibility index (Phi) is 7.60. The Balaban J connectivity index is 2.80. The molecule has 0 aliphatic heterocycles. The Labute approximate surface area is 143 Å². The summed E-state index contributed by atoms with van der Waals surface area (Å²) in [6.07, 6.45) is 5.14. The summed E-state index contributed by atoms with van der Waals surface area (Å²) < 4.78 is 0. The molecule has 0 aromatic heterocycles. The van der Waals surface area contributed by atoms with Crippen LogP contribution in [0.1, 0.15) is 82.6 Å². The maximum Gasteiger partial charge on any atom is 0.122 e. The van der Waals surface area contributed by atoms with Crippen molar-refractivity contribution in [3.63, 3.8) is 0 Å².